The van der Waals surface area contributed by atoms with Crippen molar-refractivity contribution in [3.05, 3.63) is 64.6 Å². The Morgan fingerprint density at radius 2 is 2.19 bits per heavy atom. The van der Waals surface area contributed by atoms with E-state index in [4.69, 9.17) is 20.5 Å². The third-order valence-corrected chi connectivity index (χ3v) is 4.66. The van der Waals surface area contributed by atoms with E-state index in [9.17, 15) is 4.79 Å². The van der Waals surface area contributed by atoms with Crippen LogP contribution in [0.2, 0.25) is 5.02 Å². The van der Waals surface area contributed by atoms with Gasteiger partial charge in [0, 0.05) is 10.6 Å². The van der Waals surface area contributed by atoms with Crippen LogP contribution in [0, 0.1) is 0 Å². The molecule has 0 saturated carbocycles. The minimum Gasteiger partial charge on any atom is -0.462 e. The second-order valence-electron chi connectivity index (χ2n) is 5.21. The lowest BCUT2D eigenvalue weighted by Gasteiger charge is -1.98. The number of nitrogens with zero attached hydrogens (tertiary/aromatic N) is 3. The molecule has 7 nitrogen and oxygen atoms in total. The monoisotopic (exact) mass is 386 g/mol. The number of carbonyl (C=O) groups is 1. The molecule has 26 heavy (non-hydrogen) atoms. The Kier molecular flexibility index (Phi) is 4.51. The van der Waals surface area contributed by atoms with Crippen LogP contribution in [0.5, 0.6) is 0 Å². The third-order valence-electron chi connectivity index (χ3n) is 3.41. The van der Waals surface area contributed by atoms with Crippen molar-refractivity contribution in [3.8, 4) is 22.2 Å². The number of benzene rings is 1. The lowest BCUT2D eigenvalue weighted by Crippen LogP contribution is -2.21. The Hall–Kier alpha value is -2.97. The molecule has 0 saturated heterocycles. The molecule has 0 spiro atoms. The van der Waals surface area contributed by atoms with E-state index >= 15 is 0 Å². The lowest BCUT2D eigenvalue weighted by atomic mass is 10.2. The van der Waals surface area contributed by atoms with Gasteiger partial charge in [-0.2, -0.15) is 4.98 Å². The molecule has 4 aromatic rings. The number of furan rings is 1. The fourth-order valence-corrected chi connectivity index (χ4v) is 3.20. The molecule has 3 heterocycles. The van der Waals surface area contributed by atoms with E-state index in [1.807, 2.05) is 6.07 Å². The minimum absolute atomic E-state index is 0.111. The van der Waals surface area contributed by atoms with E-state index in [0.29, 0.717) is 32.4 Å². The predicted octanol–water partition coefficient (Wildman–Crippen LogP) is 4.04. The smallest absolute Gasteiger partial charge is 0.263 e. The topological polar surface area (TPSA) is 94.1 Å². The van der Waals surface area contributed by atoms with Crippen molar-refractivity contribution in [3.63, 3.8) is 0 Å². The molecule has 0 aliphatic carbocycles. The Labute approximate surface area is 156 Å². The maximum Gasteiger partial charge on any atom is 0.263 e. The summed E-state index contributed by atoms with van der Waals surface area (Å²) in [6.07, 6.45) is 3.06. The van der Waals surface area contributed by atoms with E-state index < -0.39 is 0 Å². The van der Waals surface area contributed by atoms with Gasteiger partial charge in [-0.3, -0.25) is 4.79 Å². The number of thiazole rings is 1. The lowest BCUT2D eigenvalue weighted by molar-refractivity contribution is 0.0950. The molecule has 1 N–H and O–H groups in total. The first kappa shape index (κ1) is 16.5. The molecule has 0 radical (unpaired) electrons. The van der Waals surface area contributed by atoms with Crippen molar-refractivity contribution < 1.29 is 13.7 Å². The first-order valence-corrected chi connectivity index (χ1v) is 8.75. The average Bonchev–Trinajstić information content (AvgIpc) is 3.40. The zero-order valence-corrected chi connectivity index (χ0v) is 14.8. The summed E-state index contributed by atoms with van der Waals surface area (Å²) >= 11 is 7.20. The van der Waals surface area contributed by atoms with Crippen molar-refractivity contribution in [2.45, 2.75) is 6.54 Å². The van der Waals surface area contributed by atoms with Crippen LogP contribution < -0.4 is 5.32 Å². The second kappa shape index (κ2) is 7.11. The van der Waals surface area contributed by atoms with Crippen molar-refractivity contribution in [2.24, 2.45) is 0 Å². The largest absolute Gasteiger partial charge is 0.462 e. The summed E-state index contributed by atoms with van der Waals surface area (Å²) in [5.74, 6) is 1.05. The van der Waals surface area contributed by atoms with Gasteiger partial charge in [-0.1, -0.05) is 28.9 Å². The average molecular weight is 387 g/mol. The highest BCUT2D eigenvalue weighted by atomic mass is 35.5. The maximum absolute atomic E-state index is 12.2. The zero-order valence-electron chi connectivity index (χ0n) is 13.2. The zero-order chi connectivity index (χ0) is 17.9. The fraction of sp³-hybridized carbons (Fsp3) is 0.0588. The highest BCUT2D eigenvalue weighted by molar-refractivity contribution is 7.16. The summed E-state index contributed by atoms with van der Waals surface area (Å²) in [6.45, 7) is 0.111. The van der Waals surface area contributed by atoms with Gasteiger partial charge in [0.1, 0.15) is 4.88 Å². The molecule has 130 valence electrons. The molecule has 9 heteroatoms. The second-order valence-corrected chi connectivity index (χ2v) is 6.68. The van der Waals surface area contributed by atoms with Gasteiger partial charge >= 0.3 is 0 Å². The van der Waals surface area contributed by atoms with Crippen LogP contribution in [0.3, 0.4) is 0 Å². The van der Waals surface area contributed by atoms with Crippen LogP contribution in [0.25, 0.3) is 22.2 Å². The van der Waals surface area contributed by atoms with Crippen molar-refractivity contribution >= 4 is 28.8 Å². The Bertz CT molecular complexity index is 1040. The summed E-state index contributed by atoms with van der Waals surface area (Å²) in [4.78, 5) is 21.1. The predicted molar refractivity (Wildman–Crippen MR) is 95.7 cm³/mol. The number of carbonyl (C=O) groups excluding carboxylic acids is 1. The van der Waals surface area contributed by atoms with Gasteiger partial charge in [0.05, 0.1) is 19.0 Å². The van der Waals surface area contributed by atoms with E-state index in [2.05, 4.69) is 20.4 Å². The Morgan fingerprint density at radius 1 is 1.27 bits per heavy atom. The summed E-state index contributed by atoms with van der Waals surface area (Å²) in [6, 6.07) is 10.7. The maximum atomic E-state index is 12.2. The molecule has 0 atom stereocenters. The molecule has 3 aromatic heterocycles. The summed E-state index contributed by atoms with van der Waals surface area (Å²) in [7, 11) is 0. The van der Waals surface area contributed by atoms with Crippen LogP contribution in [0.4, 0.5) is 0 Å². The first-order chi connectivity index (χ1) is 12.7. The summed E-state index contributed by atoms with van der Waals surface area (Å²) in [5, 5.41) is 7.85. The molecule has 0 fully saturated rings. The number of hydrogen-bond donors (Lipinski definition) is 1. The quantitative estimate of drug-likeness (QED) is 0.556. The van der Waals surface area contributed by atoms with Gasteiger partial charge in [0.15, 0.2) is 10.8 Å². The van der Waals surface area contributed by atoms with Gasteiger partial charge in [0.25, 0.3) is 5.91 Å². The van der Waals surface area contributed by atoms with Crippen LogP contribution in [0.1, 0.15) is 15.6 Å². The van der Waals surface area contributed by atoms with Crippen LogP contribution >= 0.6 is 22.9 Å². The Balaban J connectivity index is 1.41. The highest BCUT2D eigenvalue weighted by Crippen LogP contribution is 2.25. The molecular weight excluding hydrogens is 376 g/mol. The minimum atomic E-state index is -0.275. The van der Waals surface area contributed by atoms with Crippen LogP contribution in [-0.2, 0) is 6.54 Å². The van der Waals surface area contributed by atoms with Gasteiger partial charge in [0.2, 0.25) is 11.7 Å². The van der Waals surface area contributed by atoms with Gasteiger partial charge in [-0.05, 0) is 24.3 Å². The molecule has 1 aromatic carbocycles. The Morgan fingerprint density at radius 3 is 3.00 bits per heavy atom. The first-order valence-electron chi connectivity index (χ1n) is 7.55. The highest BCUT2D eigenvalue weighted by Gasteiger charge is 2.15. The molecule has 4 rings (SSSR count). The van der Waals surface area contributed by atoms with E-state index in [-0.39, 0.29) is 12.5 Å². The molecule has 0 bridgehead atoms. The fourth-order valence-electron chi connectivity index (χ4n) is 2.21. The summed E-state index contributed by atoms with van der Waals surface area (Å²) in [5.41, 5.74) is 0.740. The number of halogens is 1. The SMILES string of the molecule is O=C(NCc1nc(-c2cccc(Cl)c2)no1)c1cnc(-c2ccco2)s1. The van der Waals surface area contributed by atoms with Crippen molar-refractivity contribution in [2.75, 3.05) is 0 Å². The normalized spacial score (nSPS) is 10.8. The standard InChI is InChI=1S/C17H11ClN4O3S/c18-11-4-1-3-10(7-11)15-21-14(25-22-15)9-19-16(23)13-8-20-17(26-13)12-5-2-6-24-12/h1-8H,9H2,(H,19,23). The van der Waals surface area contributed by atoms with Crippen LogP contribution in [0.15, 0.2) is 57.8 Å². The third kappa shape index (κ3) is 3.51. The van der Waals surface area contributed by atoms with Gasteiger partial charge in [-0.25, -0.2) is 4.98 Å². The number of amides is 1. The summed E-state index contributed by atoms with van der Waals surface area (Å²) < 4.78 is 10.4. The van der Waals surface area contributed by atoms with E-state index in [1.165, 1.54) is 17.5 Å². The van der Waals surface area contributed by atoms with Gasteiger partial charge < -0.3 is 14.3 Å². The molecule has 1 amide bonds. The molecule has 0 aliphatic rings. The number of hydrogen-bond acceptors (Lipinski definition) is 7. The van der Waals surface area contributed by atoms with Crippen molar-refractivity contribution in [1.82, 2.24) is 20.4 Å². The number of aromatic nitrogens is 3. The van der Waals surface area contributed by atoms with Crippen LogP contribution in [-0.4, -0.2) is 21.0 Å². The van der Waals surface area contributed by atoms with Crippen molar-refractivity contribution in [1.29, 1.82) is 0 Å². The molecule has 0 aliphatic heterocycles. The number of nitrogens with one attached hydrogen (secondary N) is 1. The van der Waals surface area contributed by atoms with Gasteiger partial charge in [-0.15, -0.1) is 11.3 Å². The van der Waals surface area contributed by atoms with E-state index in [1.54, 1.807) is 36.6 Å². The molecular formula is C17H11ClN4O3S. The number of rotatable bonds is 5. The van der Waals surface area contributed by atoms with E-state index in [0.717, 1.165) is 5.56 Å². The molecule has 0 unspecified atom stereocenters.